The van der Waals surface area contributed by atoms with Crippen LogP contribution in [-0.2, 0) is 6.42 Å². The monoisotopic (exact) mass is 189 g/mol. The van der Waals surface area contributed by atoms with Crippen LogP contribution in [0.4, 0.5) is 0 Å². The van der Waals surface area contributed by atoms with Crippen molar-refractivity contribution < 1.29 is 0 Å². The molecule has 14 heavy (non-hydrogen) atoms. The zero-order chi connectivity index (χ0) is 10.1. The van der Waals surface area contributed by atoms with E-state index in [4.69, 9.17) is 0 Å². The minimum Gasteiger partial charge on any atom is -0.0654 e. The molecule has 0 heterocycles. The summed E-state index contributed by atoms with van der Waals surface area (Å²) in [5.74, 6) is 0. The van der Waals surface area contributed by atoms with Gasteiger partial charge in [0.15, 0.2) is 0 Å². The molecule has 0 bridgehead atoms. The minimum absolute atomic E-state index is 1.23. The number of aryl methyl sites for hydroxylation is 1. The Kier molecular flexibility index (Phi) is 6.14. The van der Waals surface area contributed by atoms with E-state index in [9.17, 15) is 0 Å². The average Bonchev–Trinajstić information content (AvgIpc) is 2.25. The van der Waals surface area contributed by atoms with Crippen molar-refractivity contribution in [3.63, 3.8) is 0 Å². The Bertz CT molecular complexity index is 213. The van der Waals surface area contributed by atoms with Crippen molar-refractivity contribution in [1.29, 1.82) is 0 Å². The van der Waals surface area contributed by atoms with Crippen LogP contribution in [0.3, 0.4) is 0 Å². The van der Waals surface area contributed by atoms with Crippen molar-refractivity contribution in [2.24, 2.45) is 0 Å². The van der Waals surface area contributed by atoms with Gasteiger partial charge in [0.2, 0.25) is 0 Å². The molecule has 1 aromatic rings. The predicted molar refractivity (Wildman–Crippen MR) is 62.4 cm³/mol. The van der Waals surface area contributed by atoms with Gasteiger partial charge in [-0.15, -0.1) is 0 Å². The van der Waals surface area contributed by atoms with Gasteiger partial charge < -0.3 is 0 Å². The smallest absolute Gasteiger partial charge is 0.0181 e. The average molecular weight is 189 g/mol. The largest absolute Gasteiger partial charge is 0.0654 e. The Balaban J connectivity index is 1.99. The summed E-state index contributed by atoms with van der Waals surface area (Å²) in [4.78, 5) is 0. The molecule has 0 atom stereocenters. The fraction of sp³-hybridized carbons (Fsp3) is 0.571. The third-order valence-electron chi connectivity index (χ3n) is 2.59. The number of benzene rings is 1. The maximum absolute atomic E-state index is 3.12. The molecule has 0 aliphatic heterocycles. The highest BCUT2D eigenvalue weighted by Gasteiger charge is 1.92. The predicted octanol–water partition coefficient (Wildman–Crippen LogP) is 4.39. The normalized spacial score (nSPS) is 10.4. The van der Waals surface area contributed by atoms with Crippen molar-refractivity contribution in [3.05, 3.63) is 35.9 Å². The molecule has 0 heteroatoms. The number of rotatable bonds is 7. The standard InChI is InChI=1S/C14H21/c1-2-3-4-5-6-8-11-14-12-9-7-10-13-14/h7,9,12-13H,2-6,8,11H2,1H3. The number of unbranched alkanes of at least 4 members (excludes halogenated alkanes) is 5. The second-order valence-corrected chi connectivity index (χ2v) is 3.93. The zero-order valence-electron chi connectivity index (χ0n) is 9.26. The first-order chi connectivity index (χ1) is 6.93. The van der Waals surface area contributed by atoms with Gasteiger partial charge in [0, 0.05) is 0 Å². The van der Waals surface area contributed by atoms with E-state index >= 15 is 0 Å². The highest BCUT2D eigenvalue weighted by atomic mass is 14.0. The molecule has 0 aliphatic rings. The number of hydrogen-bond acceptors (Lipinski definition) is 0. The summed E-state index contributed by atoms with van der Waals surface area (Å²) >= 11 is 0. The third-order valence-corrected chi connectivity index (χ3v) is 2.59. The summed E-state index contributed by atoms with van der Waals surface area (Å²) in [5.41, 5.74) is 1.43. The van der Waals surface area contributed by atoms with Gasteiger partial charge in [-0.1, -0.05) is 63.3 Å². The van der Waals surface area contributed by atoms with Crippen LogP contribution in [0.2, 0.25) is 0 Å². The minimum atomic E-state index is 1.23. The molecule has 1 radical (unpaired) electrons. The molecule has 0 saturated carbocycles. The fourth-order valence-corrected chi connectivity index (χ4v) is 1.70. The Labute approximate surface area is 88.4 Å². The van der Waals surface area contributed by atoms with Crippen LogP contribution in [0.5, 0.6) is 0 Å². The van der Waals surface area contributed by atoms with Crippen LogP contribution in [0.1, 0.15) is 51.0 Å². The molecular formula is C14H21. The van der Waals surface area contributed by atoms with Crippen molar-refractivity contribution >= 4 is 0 Å². The summed E-state index contributed by atoms with van der Waals surface area (Å²) < 4.78 is 0. The van der Waals surface area contributed by atoms with E-state index in [1.807, 2.05) is 6.07 Å². The topological polar surface area (TPSA) is 0 Å². The molecule has 0 fully saturated rings. The molecular weight excluding hydrogens is 168 g/mol. The second-order valence-electron chi connectivity index (χ2n) is 3.93. The van der Waals surface area contributed by atoms with Gasteiger partial charge in [0.1, 0.15) is 0 Å². The second kappa shape index (κ2) is 7.61. The van der Waals surface area contributed by atoms with Gasteiger partial charge in [0.25, 0.3) is 0 Å². The molecule has 0 nitrogen and oxygen atoms in total. The third kappa shape index (κ3) is 5.06. The van der Waals surface area contributed by atoms with Gasteiger partial charge in [-0.05, 0) is 24.5 Å². The van der Waals surface area contributed by atoms with E-state index in [1.165, 1.54) is 50.5 Å². The lowest BCUT2D eigenvalue weighted by Gasteiger charge is -2.01. The lowest BCUT2D eigenvalue weighted by Crippen LogP contribution is -1.85. The summed E-state index contributed by atoms with van der Waals surface area (Å²) in [6, 6.07) is 11.5. The van der Waals surface area contributed by atoms with Crippen LogP contribution in [0.25, 0.3) is 0 Å². The Morgan fingerprint density at radius 1 is 1.07 bits per heavy atom. The van der Waals surface area contributed by atoms with Crippen LogP contribution in [0.15, 0.2) is 24.3 Å². The molecule has 0 saturated heterocycles. The Hall–Kier alpha value is -0.780. The van der Waals surface area contributed by atoms with E-state index in [2.05, 4.69) is 31.2 Å². The quantitative estimate of drug-likeness (QED) is 0.558. The van der Waals surface area contributed by atoms with E-state index < -0.39 is 0 Å². The van der Waals surface area contributed by atoms with Gasteiger partial charge in [-0.2, -0.15) is 0 Å². The lowest BCUT2D eigenvalue weighted by molar-refractivity contribution is 0.607. The molecule has 1 rings (SSSR count). The molecule has 0 aromatic heterocycles. The van der Waals surface area contributed by atoms with Gasteiger partial charge in [-0.25, -0.2) is 0 Å². The maximum Gasteiger partial charge on any atom is -0.0181 e. The summed E-state index contributed by atoms with van der Waals surface area (Å²) in [6.07, 6.45) is 9.51. The van der Waals surface area contributed by atoms with Crippen LogP contribution < -0.4 is 0 Å². The molecule has 0 amide bonds. The first-order valence-electron chi connectivity index (χ1n) is 5.88. The zero-order valence-corrected chi connectivity index (χ0v) is 9.26. The molecule has 0 unspecified atom stereocenters. The van der Waals surface area contributed by atoms with Crippen molar-refractivity contribution in [1.82, 2.24) is 0 Å². The summed E-state index contributed by atoms with van der Waals surface area (Å²) in [7, 11) is 0. The molecule has 0 aliphatic carbocycles. The SMILES string of the molecule is CCCCCCCCc1c[c]ccc1. The maximum atomic E-state index is 3.12. The number of hydrogen-bond donors (Lipinski definition) is 0. The van der Waals surface area contributed by atoms with E-state index in [0.29, 0.717) is 0 Å². The van der Waals surface area contributed by atoms with E-state index in [1.54, 1.807) is 0 Å². The van der Waals surface area contributed by atoms with E-state index in [0.717, 1.165) is 0 Å². The van der Waals surface area contributed by atoms with Crippen LogP contribution in [0, 0.1) is 6.07 Å². The van der Waals surface area contributed by atoms with Crippen molar-refractivity contribution in [3.8, 4) is 0 Å². The summed E-state index contributed by atoms with van der Waals surface area (Å²) in [6.45, 7) is 2.26. The first kappa shape index (κ1) is 11.3. The Morgan fingerprint density at radius 2 is 1.86 bits per heavy atom. The molecule has 1 aromatic carbocycles. The van der Waals surface area contributed by atoms with Gasteiger partial charge >= 0.3 is 0 Å². The van der Waals surface area contributed by atoms with Gasteiger partial charge in [0.05, 0.1) is 0 Å². The summed E-state index contributed by atoms with van der Waals surface area (Å²) in [5, 5.41) is 0. The van der Waals surface area contributed by atoms with Crippen LogP contribution >= 0.6 is 0 Å². The highest BCUT2D eigenvalue weighted by Crippen LogP contribution is 2.09. The fourth-order valence-electron chi connectivity index (χ4n) is 1.70. The van der Waals surface area contributed by atoms with E-state index in [-0.39, 0.29) is 0 Å². The van der Waals surface area contributed by atoms with Crippen LogP contribution in [-0.4, -0.2) is 0 Å². The van der Waals surface area contributed by atoms with Gasteiger partial charge in [-0.3, -0.25) is 0 Å². The molecule has 0 spiro atoms. The first-order valence-corrected chi connectivity index (χ1v) is 5.88. The highest BCUT2D eigenvalue weighted by molar-refractivity contribution is 5.13. The lowest BCUT2D eigenvalue weighted by atomic mass is 10.1. The van der Waals surface area contributed by atoms with Crippen molar-refractivity contribution in [2.45, 2.75) is 51.9 Å². The molecule has 77 valence electrons. The van der Waals surface area contributed by atoms with Crippen molar-refractivity contribution in [2.75, 3.05) is 0 Å². The molecule has 0 N–H and O–H groups in total. The Morgan fingerprint density at radius 3 is 2.57 bits per heavy atom.